The molecule has 1 aromatic carbocycles. The molecule has 0 bridgehead atoms. The minimum atomic E-state index is -0.739. The Balaban J connectivity index is 2.25. The van der Waals surface area contributed by atoms with E-state index in [0.717, 1.165) is 5.56 Å². The molecular formula is C16H20N2O5. The van der Waals surface area contributed by atoms with Crippen molar-refractivity contribution < 1.29 is 23.8 Å². The van der Waals surface area contributed by atoms with Crippen LogP contribution < -0.4 is 15.4 Å². The van der Waals surface area contributed by atoms with E-state index < -0.39 is 24.0 Å². The Morgan fingerprint density at radius 3 is 2.78 bits per heavy atom. The van der Waals surface area contributed by atoms with Gasteiger partial charge in [0.1, 0.15) is 18.3 Å². The Bertz CT molecular complexity index is 602. The standard InChI is InChI=1S/C16H20N2O5/c1-10-13(15(19)23-8-7-21-2)14(18-16(20)17-10)11-5-4-6-12(9-11)22-3/h4-6,9,13-14H,1,7-8H2,2-3H3,(H2,17,18,20)/t13-,14+/m0/s1. The highest BCUT2D eigenvalue weighted by Crippen LogP contribution is 2.31. The first kappa shape index (κ1) is 16.8. The highest BCUT2D eigenvalue weighted by molar-refractivity contribution is 5.85. The lowest BCUT2D eigenvalue weighted by Gasteiger charge is -2.33. The molecule has 0 aliphatic carbocycles. The number of ether oxygens (including phenoxy) is 3. The third-order valence-corrected chi connectivity index (χ3v) is 3.51. The summed E-state index contributed by atoms with van der Waals surface area (Å²) >= 11 is 0. The van der Waals surface area contributed by atoms with Gasteiger partial charge in [0.05, 0.1) is 19.8 Å². The predicted octanol–water partition coefficient (Wildman–Crippen LogP) is 1.37. The molecule has 7 heteroatoms. The number of hydrogen-bond acceptors (Lipinski definition) is 5. The van der Waals surface area contributed by atoms with Crippen LogP contribution in [0, 0.1) is 5.92 Å². The summed E-state index contributed by atoms with van der Waals surface area (Å²) in [6, 6.07) is 6.15. The summed E-state index contributed by atoms with van der Waals surface area (Å²) in [5.74, 6) is -0.587. The average Bonchev–Trinajstić information content (AvgIpc) is 2.54. The first-order valence-electron chi connectivity index (χ1n) is 7.12. The van der Waals surface area contributed by atoms with Crippen molar-refractivity contribution in [3.05, 3.63) is 42.1 Å². The first-order chi connectivity index (χ1) is 11.1. The molecule has 0 radical (unpaired) electrons. The Hall–Kier alpha value is -2.54. The van der Waals surface area contributed by atoms with E-state index in [1.807, 2.05) is 6.07 Å². The second-order valence-electron chi connectivity index (χ2n) is 5.02. The van der Waals surface area contributed by atoms with Gasteiger partial charge in [0, 0.05) is 12.8 Å². The molecule has 2 atom stereocenters. The molecule has 1 fully saturated rings. The second-order valence-corrected chi connectivity index (χ2v) is 5.02. The third-order valence-electron chi connectivity index (χ3n) is 3.51. The molecule has 124 valence electrons. The number of urea groups is 1. The lowest BCUT2D eigenvalue weighted by atomic mass is 9.89. The smallest absolute Gasteiger partial charge is 0.319 e. The van der Waals surface area contributed by atoms with Gasteiger partial charge in [-0.25, -0.2) is 4.79 Å². The normalized spacial score (nSPS) is 20.4. The summed E-state index contributed by atoms with van der Waals surface area (Å²) in [5, 5.41) is 5.26. The molecule has 23 heavy (non-hydrogen) atoms. The minimum absolute atomic E-state index is 0.137. The molecule has 1 heterocycles. The van der Waals surface area contributed by atoms with Crippen molar-refractivity contribution in [2.45, 2.75) is 6.04 Å². The van der Waals surface area contributed by atoms with E-state index >= 15 is 0 Å². The Morgan fingerprint density at radius 1 is 1.30 bits per heavy atom. The maximum atomic E-state index is 12.4. The summed E-state index contributed by atoms with van der Waals surface area (Å²) < 4.78 is 15.2. The van der Waals surface area contributed by atoms with E-state index in [9.17, 15) is 9.59 Å². The van der Waals surface area contributed by atoms with Crippen molar-refractivity contribution >= 4 is 12.0 Å². The molecule has 1 saturated heterocycles. The number of amides is 2. The number of benzene rings is 1. The SMILES string of the molecule is C=C1NC(=O)N[C@H](c2cccc(OC)c2)[C@H]1C(=O)OCCOC. The van der Waals surface area contributed by atoms with Gasteiger partial charge >= 0.3 is 12.0 Å². The van der Waals surface area contributed by atoms with E-state index in [-0.39, 0.29) is 6.61 Å². The van der Waals surface area contributed by atoms with Crippen molar-refractivity contribution in [1.29, 1.82) is 0 Å². The molecule has 2 N–H and O–H groups in total. The lowest BCUT2D eigenvalue weighted by Crippen LogP contribution is -2.51. The van der Waals surface area contributed by atoms with E-state index in [1.165, 1.54) is 7.11 Å². The lowest BCUT2D eigenvalue weighted by molar-refractivity contribution is -0.149. The molecule has 2 amide bonds. The van der Waals surface area contributed by atoms with Crippen LogP contribution in [0.3, 0.4) is 0 Å². The first-order valence-corrected chi connectivity index (χ1v) is 7.12. The van der Waals surface area contributed by atoms with Crippen LogP contribution >= 0.6 is 0 Å². The quantitative estimate of drug-likeness (QED) is 0.611. The third kappa shape index (κ3) is 4.01. The fourth-order valence-corrected chi connectivity index (χ4v) is 2.39. The molecule has 0 unspecified atom stereocenters. The zero-order valence-electron chi connectivity index (χ0n) is 13.1. The van der Waals surface area contributed by atoms with E-state index in [1.54, 1.807) is 25.3 Å². The van der Waals surface area contributed by atoms with Gasteiger partial charge in [-0.3, -0.25) is 4.79 Å². The zero-order chi connectivity index (χ0) is 16.8. The molecule has 1 aromatic rings. The fourth-order valence-electron chi connectivity index (χ4n) is 2.39. The van der Waals surface area contributed by atoms with Crippen molar-refractivity contribution in [3.8, 4) is 5.75 Å². The van der Waals surface area contributed by atoms with E-state index in [0.29, 0.717) is 18.1 Å². The Labute approximate surface area is 134 Å². The van der Waals surface area contributed by atoms with Gasteiger partial charge in [-0.1, -0.05) is 18.7 Å². The Morgan fingerprint density at radius 2 is 2.09 bits per heavy atom. The molecular weight excluding hydrogens is 300 g/mol. The maximum absolute atomic E-state index is 12.4. The van der Waals surface area contributed by atoms with Gasteiger partial charge in [-0.2, -0.15) is 0 Å². The van der Waals surface area contributed by atoms with Crippen LogP contribution in [0.15, 0.2) is 36.5 Å². The van der Waals surface area contributed by atoms with Crippen molar-refractivity contribution in [1.82, 2.24) is 10.6 Å². The summed E-state index contributed by atoms with van der Waals surface area (Å²) in [4.78, 5) is 24.1. The molecule has 1 aliphatic heterocycles. The van der Waals surface area contributed by atoms with Crippen LogP contribution in [-0.4, -0.2) is 39.4 Å². The number of carbonyl (C=O) groups is 2. The molecule has 0 saturated carbocycles. The largest absolute Gasteiger partial charge is 0.497 e. The highest BCUT2D eigenvalue weighted by Gasteiger charge is 2.39. The molecule has 2 rings (SSSR count). The van der Waals surface area contributed by atoms with E-state index in [4.69, 9.17) is 14.2 Å². The molecule has 7 nitrogen and oxygen atoms in total. The maximum Gasteiger partial charge on any atom is 0.319 e. The predicted molar refractivity (Wildman–Crippen MR) is 82.9 cm³/mol. The van der Waals surface area contributed by atoms with Crippen molar-refractivity contribution in [2.24, 2.45) is 5.92 Å². The second kappa shape index (κ2) is 7.64. The number of carbonyl (C=O) groups excluding carboxylic acids is 2. The van der Waals surface area contributed by atoms with Gasteiger partial charge in [-0.15, -0.1) is 0 Å². The average molecular weight is 320 g/mol. The number of esters is 1. The van der Waals surface area contributed by atoms with Crippen LogP contribution in [0.25, 0.3) is 0 Å². The van der Waals surface area contributed by atoms with Gasteiger partial charge in [0.2, 0.25) is 0 Å². The number of rotatable bonds is 6. The van der Waals surface area contributed by atoms with Crippen LogP contribution in [0.2, 0.25) is 0 Å². The molecule has 0 spiro atoms. The number of nitrogens with one attached hydrogen (secondary N) is 2. The fraction of sp³-hybridized carbons (Fsp3) is 0.375. The van der Waals surface area contributed by atoms with Crippen LogP contribution in [0.1, 0.15) is 11.6 Å². The highest BCUT2D eigenvalue weighted by atomic mass is 16.6. The molecule has 0 aromatic heterocycles. The topological polar surface area (TPSA) is 85.9 Å². The van der Waals surface area contributed by atoms with Gasteiger partial charge in [0.15, 0.2) is 0 Å². The summed E-state index contributed by atoms with van der Waals surface area (Å²) in [7, 11) is 3.07. The van der Waals surface area contributed by atoms with Crippen molar-refractivity contribution in [2.75, 3.05) is 27.4 Å². The van der Waals surface area contributed by atoms with Crippen LogP contribution in [0.5, 0.6) is 5.75 Å². The summed E-state index contributed by atoms with van der Waals surface area (Å²) in [6.07, 6.45) is 0. The number of methoxy groups -OCH3 is 2. The van der Waals surface area contributed by atoms with Gasteiger partial charge in [0.25, 0.3) is 0 Å². The minimum Gasteiger partial charge on any atom is -0.497 e. The van der Waals surface area contributed by atoms with Crippen molar-refractivity contribution in [3.63, 3.8) is 0 Å². The van der Waals surface area contributed by atoms with E-state index in [2.05, 4.69) is 17.2 Å². The monoisotopic (exact) mass is 320 g/mol. The molecule has 1 aliphatic rings. The summed E-state index contributed by atoms with van der Waals surface area (Å²) in [5.41, 5.74) is 1.03. The van der Waals surface area contributed by atoms with Gasteiger partial charge < -0.3 is 24.8 Å². The zero-order valence-corrected chi connectivity index (χ0v) is 13.1. The van der Waals surface area contributed by atoms with Crippen LogP contribution in [-0.2, 0) is 14.3 Å². The number of hydrogen-bond donors (Lipinski definition) is 2. The van der Waals surface area contributed by atoms with Gasteiger partial charge in [-0.05, 0) is 17.7 Å². The van der Waals surface area contributed by atoms with Crippen LogP contribution in [0.4, 0.5) is 4.79 Å². The Kier molecular flexibility index (Phi) is 5.59. The summed E-state index contributed by atoms with van der Waals surface area (Å²) in [6.45, 7) is 4.22.